The van der Waals surface area contributed by atoms with E-state index in [1.54, 1.807) is 12.4 Å². The average Bonchev–Trinajstić information content (AvgIpc) is 4.12. The zero-order valence-electron chi connectivity index (χ0n) is 37.6. The monoisotopic (exact) mass is 960 g/mol. The molecule has 0 unspecified atom stereocenters. The van der Waals surface area contributed by atoms with Crippen molar-refractivity contribution in [3.05, 3.63) is 83.4 Å². The highest BCUT2D eigenvalue weighted by atomic mass is 35.5. The van der Waals surface area contributed by atoms with Gasteiger partial charge in [0.2, 0.25) is 23.7 Å². The van der Waals surface area contributed by atoms with Crippen LogP contribution in [-0.2, 0) is 14.3 Å². The topological polar surface area (TPSA) is 214 Å². The summed E-state index contributed by atoms with van der Waals surface area (Å²) in [5, 5.41) is 12.6. The number of likely N-dealkylation sites (tertiary alicyclic amines) is 2. The molecule has 6 heterocycles. The number of quaternary nitrogens is 1. The lowest BCUT2D eigenvalue weighted by atomic mass is 10.1. The van der Waals surface area contributed by atoms with Gasteiger partial charge in [0.1, 0.15) is 5.60 Å². The number of halogens is 3. The fourth-order valence-electron chi connectivity index (χ4n) is 8.04. The van der Waals surface area contributed by atoms with E-state index in [4.69, 9.17) is 27.9 Å². The Hall–Kier alpha value is -5.68. The third-order valence-electron chi connectivity index (χ3n) is 11.3. The van der Waals surface area contributed by atoms with Gasteiger partial charge in [0.15, 0.2) is 0 Å². The molecule has 0 radical (unpaired) electrons. The predicted molar refractivity (Wildman–Crippen MR) is 256 cm³/mol. The Bertz CT molecular complexity index is 2580. The van der Waals surface area contributed by atoms with E-state index in [-0.39, 0.29) is 36.3 Å². The molecule has 8 rings (SSSR count). The number of carbonyl (C=O) groups excluding carboxylic acids is 3. The standard InChI is InChI=1S/C26H33ClN6O3.C21H25ClN6O.ClH/c1-26(2,3)36-25(35)28-12-7-6-10-22(34)33-13-11-17(16-33)31-24-30-15-20(27)23(32-24)19-14-29-21-9-5-4-8-18(19)21;22-17-12-25-21(26-14-8-10-28(13-14)19(29)7-3-4-9-23)27-20(17)16-11-24-18-6-2-1-5-15(16)18;/h4-5,8-9,14-15,17,29H,6-7,10-13,16H2,1-3H3,(H,28,35)(H,30,31,32);1-2,5-6,11-12,14,24H,3-4,7-10,13,23H2,(H,25,26,27);1H/t17-;14-;/m11./s1. The van der Waals surface area contributed by atoms with Crippen LogP contribution in [0.25, 0.3) is 44.3 Å². The lowest BCUT2D eigenvalue weighted by molar-refractivity contribution is -0.368. The van der Waals surface area contributed by atoms with Crippen LogP contribution in [0.4, 0.5) is 16.7 Å². The molecular formula is C47H59Cl3N12O4. The number of alkyl carbamates (subject to hydrolysis) is 1. The third-order valence-corrected chi connectivity index (χ3v) is 11.9. The van der Waals surface area contributed by atoms with Crippen LogP contribution in [0.5, 0.6) is 0 Å². The number of nitrogens with zero attached hydrogens (tertiary/aromatic N) is 6. The predicted octanol–water partition coefficient (Wildman–Crippen LogP) is 4.69. The van der Waals surface area contributed by atoms with Crippen LogP contribution in [0, 0.1) is 0 Å². The highest BCUT2D eigenvalue weighted by Crippen LogP contribution is 2.34. The lowest BCUT2D eigenvalue weighted by Gasteiger charge is -2.19. The lowest BCUT2D eigenvalue weighted by Crippen LogP contribution is -3.00. The number of anilines is 2. The van der Waals surface area contributed by atoms with Gasteiger partial charge in [-0.3, -0.25) is 9.59 Å². The summed E-state index contributed by atoms with van der Waals surface area (Å²) in [4.78, 5) is 65.0. The molecule has 0 spiro atoms. The molecule has 19 heteroatoms. The van der Waals surface area contributed by atoms with Gasteiger partial charge >= 0.3 is 6.09 Å². The fourth-order valence-corrected chi connectivity index (χ4v) is 8.42. The summed E-state index contributed by atoms with van der Waals surface area (Å²) in [7, 11) is 0. The first-order chi connectivity index (χ1) is 31.3. The highest BCUT2D eigenvalue weighted by molar-refractivity contribution is 6.33. The molecule has 2 fully saturated rings. The number of fused-ring (bicyclic) bond motifs is 2. The van der Waals surface area contributed by atoms with Crippen LogP contribution in [0.1, 0.15) is 72.1 Å². The molecule has 2 aliphatic heterocycles. The van der Waals surface area contributed by atoms with Gasteiger partial charge in [-0.15, -0.1) is 0 Å². The molecule has 2 aromatic carbocycles. The van der Waals surface area contributed by atoms with E-state index in [1.807, 2.05) is 91.5 Å². The van der Waals surface area contributed by atoms with Crippen LogP contribution < -0.4 is 34.1 Å². The second-order valence-electron chi connectivity index (χ2n) is 17.4. The number of H-pyrrole nitrogens is 2. The molecule has 2 saturated heterocycles. The van der Waals surface area contributed by atoms with E-state index in [2.05, 4.69) is 51.6 Å². The first-order valence-corrected chi connectivity index (χ1v) is 23.1. The molecule has 3 amide bonds. The van der Waals surface area contributed by atoms with Crippen molar-refractivity contribution in [3.8, 4) is 22.5 Å². The van der Waals surface area contributed by atoms with Gasteiger partial charge in [-0.2, -0.15) is 0 Å². The van der Waals surface area contributed by atoms with Crippen molar-refractivity contribution < 1.29 is 37.3 Å². The van der Waals surface area contributed by atoms with Crippen LogP contribution >= 0.6 is 23.2 Å². The number of hydrogen-bond acceptors (Lipinski definition) is 10. The number of unbranched alkanes of at least 4 members (excludes halogenated alkanes) is 2. The van der Waals surface area contributed by atoms with Crippen LogP contribution in [0.15, 0.2) is 73.3 Å². The molecule has 0 bridgehead atoms. The van der Waals surface area contributed by atoms with Crippen molar-refractivity contribution in [1.82, 2.24) is 45.0 Å². The van der Waals surface area contributed by atoms with E-state index < -0.39 is 11.7 Å². The van der Waals surface area contributed by atoms with E-state index in [1.165, 1.54) is 0 Å². The molecule has 2 aliphatic rings. The molecule has 2 atom stereocenters. The molecule has 0 saturated carbocycles. The minimum atomic E-state index is -0.518. The summed E-state index contributed by atoms with van der Waals surface area (Å²) in [6.07, 6.45) is 12.7. The van der Waals surface area contributed by atoms with Gasteiger partial charge in [0, 0.05) is 103 Å². The quantitative estimate of drug-likeness (QED) is 0.0782. The van der Waals surface area contributed by atoms with Crippen molar-refractivity contribution in [2.24, 2.45) is 0 Å². The SMILES string of the molecule is CC(C)(C)OC(=O)NCCCCC(=O)N1CC[C@@H](Nc2ncc(Cl)c(-c3c[nH]c4ccccc34)n2)C1.[Cl-].[NH3+]CCCCC(=O)N1CC[C@@H](Nc2ncc(Cl)c(-c3c[nH]c4ccccc34)n2)C1. The molecule has 352 valence electrons. The fraction of sp³-hybridized carbons (Fsp3) is 0.426. The molecule has 0 aliphatic carbocycles. The Balaban J connectivity index is 0.000000220. The molecule has 6 aromatic rings. The van der Waals surface area contributed by atoms with E-state index in [0.29, 0.717) is 78.8 Å². The molecule has 4 aromatic heterocycles. The summed E-state index contributed by atoms with van der Waals surface area (Å²) in [6, 6.07) is 16.3. The summed E-state index contributed by atoms with van der Waals surface area (Å²) in [5.74, 6) is 1.37. The van der Waals surface area contributed by atoms with Crippen molar-refractivity contribution in [2.45, 2.75) is 89.8 Å². The number of amides is 3. The van der Waals surface area contributed by atoms with Gasteiger partial charge in [-0.25, -0.2) is 24.7 Å². The van der Waals surface area contributed by atoms with Crippen LogP contribution in [0.2, 0.25) is 10.0 Å². The maximum Gasteiger partial charge on any atom is 0.407 e. The van der Waals surface area contributed by atoms with Crippen LogP contribution in [0.3, 0.4) is 0 Å². The highest BCUT2D eigenvalue weighted by Gasteiger charge is 2.28. The number of benzene rings is 2. The summed E-state index contributed by atoms with van der Waals surface area (Å²) < 4.78 is 5.21. The largest absolute Gasteiger partial charge is 1.00 e. The summed E-state index contributed by atoms with van der Waals surface area (Å²) in [6.45, 7) is 9.57. The van der Waals surface area contributed by atoms with Gasteiger partial charge in [0.25, 0.3) is 0 Å². The Morgan fingerprint density at radius 3 is 1.68 bits per heavy atom. The van der Waals surface area contributed by atoms with Gasteiger partial charge in [-0.05, 0) is 71.4 Å². The third kappa shape index (κ3) is 13.2. The summed E-state index contributed by atoms with van der Waals surface area (Å²) in [5.41, 5.74) is 8.59. The second kappa shape index (κ2) is 23.2. The van der Waals surface area contributed by atoms with Gasteiger partial charge in [0.05, 0.1) is 40.4 Å². The van der Waals surface area contributed by atoms with Crippen LogP contribution in [-0.4, -0.2) is 115 Å². The Morgan fingerprint density at radius 1 is 0.742 bits per heavy atom. The Kier molecular flexibility index (Phi) is 17.5. The van der Waals surface area contributed by atoms with E-state index in [0.717, 1.165) is 78.1 Å². The number of hydrogen-bond donors (Lipinski definition) is 6. The first-order valence-electron chi connectivity index (χ1n) is 22.4. The molecule has 8 N–H and O–H groups in total. The molecule has 66 heavy (non-hydrogen) atoms. The Morgan fingerprint density at radius 2 is 1.21 bits per heavy atom. The number of nitrogens with one attached hydrogen (secondary N) is 5. The maximum absolute atomic E-state index is 12.6. The molecular weight excluding hydrogens is 903 g/mol. The number of rotatable bonds is 15. The van der Waals surface area contributed by atoms with Crippen molar-refractivity contribution in [2.75, 3.05) is 49.9 Å². The number of aromatic amines is 2. The number of ether oxygens (including phenoxy) is 1. The number of aromatic nitrogens is 6. The second-order valence-corrected chi connectivity index (χ2v) is 18.2. The Labute approximate surface area is 401 Å². The minimum absolute atomic E-state index is 0. The van der Waals surface area contributed by atoms with Crippen molar-refractivity contribution in [3.63, 3.8) is 0 Å². The number of carbonyl (C=O) groups is 3. The smallest absolute Gasteiger partial charge is 0.407 e. The van der Waals surface area contributed by atoms with E-state index >= 15 is 0 Å². The van der Waals surface area contributed by atoms with Crippen molar-refractivity contribution in [1.29, 1.82) is 0 Å². The van der Waals surface area contributed by atoms with Gasteiger partial charge < -0.3 is 58.6 Å². The first kappa shape index (κ1) is 49.7. The maximum atomic E-state index is 12.6. The zero-order chi connectivity index (χ0) is 45.9. The average molecular weight is 962 g/mol. The number of para-hydroxylation sites is 2. The van der Waals surface area contributed by atoms with Gasteiger partial charge in [-0.1, -0.05) is 59.6 Å². The normalized spacial score (nSPS) is 15.8. The zero-order valence-corrected chi connectivity index (χ0v) is 39.9. The van der Waals surface area contributed by atoms with Crippen molar-refractivity contribution >= 4 is 74.8 Å². The minimum Gasteiger partial charge on any atom is -1.00 e. The van der Waals surface area contributed by atoms with E-state index in [9.17, 15) is 14.4 Å². The molecule has 16 nitrogen and oxygen atoms in total. The summed E-state index contributed by atoms with van der Waals surface area (Å²) >= 11 is 12.8.